The van der Waals surface area contributed by atoms with Crippen molar-refractivity contribution in [2.75, 3.05) is 31.5 Å². The van der Waals surface area contributed by atoms with Crippen LogP contribution >= 0.6 is 0 Å². The van der Waals surface area contributed by atoms with Gasteiger partial charge in [-0.2, -0.15) is 13.2 Å². The fraction of sp³-hybridized carbons (Fsp3) is 0.571. The number of benzene rings is 1. The Morgan fingerprint density at radius 1 is 1.30 bits per heavy atom. The van der Waals surface area contributed by atoms with Gasteiger partial charge in [0.15, 0.2) is 5.82 Å². The largest absolute Gasteiger partial charge is 0.401 e. The number of alkyl halides is 3. The molecule has 0 aliphatic carbocycles. The van der Waals surface area contributed by atoms with Gasteiger partial charge in [0, 0.05) is 12.6 Å². The fourth-order valence-corrected chi connectivity index (χ4v) is 2.62. The molecule has 1 aromatic rings. The van der Waals surface area contributed by atoms with Crippen LogP contribution < -0.4 is 5.32 Å². The Morgan fingerprint density at radius 2 is 1.96 bits per heavy atom. The number of hydrogen-bond donors (Lipinski definition) is 1. The van der Waals surface area contributed by atoms with Crippen molar-refractivity contribution in [2.45, 2.75) is 19.0 Å². The zero-order valence-electron chi connectivity index (χ0n) is 12.3. The molecule has 0 bridgehead atoms. The average molecular weight is 335 g/mol. The Hall–Kier alpha value is -1.90. The Bertz CT molecular complexity index is 557. The maximum absolute atomic E-state index is 13.7. The summed E-state index contributed by atoms with van der Waals surface area (Å²) in [5, 5.41) is 13.4. The van der Waals surface area contributed by atoms with Crippen molar-refractivity contribution >= 4 is 11.4 Å². The number of anilines is 1. The van der Waals surface area contributed by atoms with Crippen molar-refractivity contribution in [1.82, 2.24) is 4.90 Å². The van der Waals surface area contributed by atoms with E-state index < -0.39 is 23.5 Å². The number of nitro benzene ring substituents is 1. The van der Waals surface area contributed by atoms with E-state index in [2.05, 4.69) is 5.32 Å². The summed E-state index contributed by atoms with van der Waals surface area (Å²) in [6.45, 7) is 0.238. The van der Waals surface area contributed by atoms with E-state index in [1.807, 2.05) is 0 Å². The number of rotatable bonds is 5. The summed E-state index contributed by atoms with van der Waals surface area (Å²) in [7, 11) is 0. The molecule has 1 aliphatic heterocycles. The molecule has 1 fully saturated rings. The second-order valence-electron chi connectivity index (χ2n) is 5.64. The van der Waals surface area contributed by atoms with E-state index >= 15 is 0 Å². The Labute approximate surface area is 130 Å². The highest BCUT2D eigenvalue weighted by atomic mass is 19.4. The maximum atomic E-state index is 13.7. The number of nitro groups is 1. The van der Waals surface area contributed by atoms with Gasteiger partial charge in [-0.05, 0) is 37.9 Å². The first-order valence-electron chi connectivity index (χ1n) is 7.21. The third-order valence-corrected chi connectivity index (χ3v) is 3.85. The van der Waals surface area contributed by atoms with Crippen molar-refractivity contribution < 1.29 is 22.5 Å². The van der Waals surface area contributed by atoms with Crippen LogP contribution in [-0.2, 0) is 0 Å². The monoisotopic (exact) mass is 335 g/mol. The number of hydrogen-bond acceptors (Lipinski definition) is 4. The number of non-ortho nitro benzene ring substituents is 1. The summed E-state index contributed by atoms with van der Waals surface area (Å²) in [6, 6.07) is 3.35. The lowest BCUT2D eigenvalue weighted by atomic mass is 9.96. The van der Waals surface area contributed by atoms with Crippen molar-refractivity contribution in [3.8, 4) is 0 Å². The van der Waals surface area contributed by atoms with Gasteiger partial charge in [0.1, 0.15) is 0 Å². The van der Waals surface area contributed by atoms with Gasteiger partial charge in [-0.15, -0.1) is 0 Å². The highest BCUT2D eigenvalue weighted by molar-refractivity contribution is 5.50. The summed E-state index contributed by atoms with van der Waals surface area (Å²) in [5.41, 5.74) is -0.165. The molecule has 0 saturated carbocycles. The minimum Gasteiger partial charge on any atom is -0.382 e. The minimum absolute atomic E-state index is 0.147. The van der Waals surface area contributed by atoms with Crippen LogP contribution in [0.4, 0.5) is 28.9 Å². The highest BCUT2D eigenvalue weighted by Gasteiger charge is 2.32. The van der Waals surface area contributed by atoms with Crippen LogP contribution in [0.15, 0.2) is 18.2 Å². The lowest BCUT2D eigenvalue weighted by Crippen LogP contribution is -2.41. The summed E-state index contributed by atoms with van der Waals surface area (Å²) in [6.07, 6.45) is -3.00. The van der Waals surface area contributed by atoms with Gasteiger partial charge in [-0.1, -0.05) is 0 Å². The van der Waals surface area contributed by atoms with E-state index in [1.54, 1.807) is 0 Å². The molecule has 23 heavy (non-hydrogen) atoms. The van der Waals surface area contributed by atoms with Crippen molar-refractivity contribution in [3.63, 3.8) is 0 Å². The van der Waals surface area contributed by atoms with Crippen LogP contribution in [0, 0.1) is 21.8 Å². The fourth-order valence-electron chi connectivity index (χ4n) is 2.62. The number of likely N-dealkylation sites (tertiary alicyclic amines) is 1. The van der Waals surface area contributed by atoms with Crippen LogP contribution in [0.3, 0.4) is 0 Å². The standard InChI is InChI=1S/C14H17F4N3O2/c15-12-7-11(21(22)23)1-2-13(12)19-8-10-3-5-20(6-4-10)9-14(16,17)18/h1-2,7,10,19H,3-6,8-9H2. The summed E-state index contributed by atoms with van der Waals surface area (Å²) >= 11 is 0. The Kier molecular flexibility index (Phi) is 5.40. The van der Waals surface area contributed by atoms with Gasteiger partial charge < -0.3 is 5.32 Å². The number of piperidine rings is 1. The molecule has 1 aromatic carbocycles. The SMILES string of the molecule is O=[N+]([O-])c1ccc(NCC2CCN(CC(F)(F)F)CC2)c(F)c1. The van der Waals surface area contributed by atoms with Crippen LogP contribution in [0.2, 0.25) is 0 Å². The predicted octanol–water partition coefficient (Wildman–Crippen LogP) is 3.42. The molecule has 5 nitrogen and oxygen atoms in total. The van der Waals surface area contributed by atoms with Crippen LogP contribution in [0.1, 0.15) is 12.8 Å². The van der Waals surface area contributed by atoms with E-state index in [1.165, 1.54) is 17.0 Å². The van der Waals surface area contributed by atoms with Gasteiger partial charge in [-0.3, -0.25) is 15.0 Å². The zero-order chi connectivity index (χ0) is 17.0. The smallest absolute Gasteiger partial charge is 0.382 e. The van der Waals surface area contributed by atoms with E-state index in [0.29, 0.717) is 32.5 Å². The molecule has 1 N–H and O–H groups in total. The molecule has 0 spiro atoms. The number of halogens is 4. The summed E-state index contributed by atoms with van der Waals surface area (Å²) in [5.74, 6) is -0.567. The first kappa shape index (κ1) is 17.5. The number of nitrogens with zero attached hydrogens (tertiary/aromatic N) is 2. The minimum atomic E-state index is -4.19. The van der Waals surface area contributed by atoms with Crippen LogP contribution in [-0.4, -0.2) is 42.2 Å². The molecule has 0 atom stereocenters. The third kappa shape index (κ3) is 5.34. The van der Waals surface area contributed by atoms with Crippen molar-refractivity contribution in [3.05, 3.63) is 34.1 Å². The van der Waals surface area contributed by atoms with Gasteiger partial charge in [0.05, 0.1) is 23.2 Å². The lowest BCUT2D eigenvalue weighted by Gasteiger charge is -2.32. The van der Waals surface area contributed by atoms with Gasteiger partial charge in [0.25, 0.3) is 5.69 Å². The van der Waals surface area contributed by atoms with E-state index in [0.717, 1.165) is 6.07 Å². The van der Waals surface area contributed by atoms with E-state index in [4.69, 9.17) is 0 Å². The van der Waals surface area contributed by atoms with Crippen molar-refractivity contribution in [1.29, 1.82) is 0 Å². The summed E-state index contributed by atoms with van der Waals surface area (Å²) < 4.78 is 50.6. The number of nitrogens with one attached hydrogen (secondary N) is 1. The summed E-state index contributed by atoms with van der Waals surface area (Å²) in [4.78, 5) is 11.2. The molecule has 1 aliphatic rings. The normalized spacial score (nSPS) is 17.2. The predicted molar refractivity (Wildman–Crippen MR) is 76.8 cm³/mol. The second kappa shape index (κ2) is 7.12. The van der Waals surface area contributed by atoms with Gasteiger partial charge in [0.2, 0.25) is 0 Å². The quantitative estimate of drug-likeness (QED) is 0.509. The molecule has 0 aromatic heterocycles. The average Bonchev–Trinajstić information content (AvgIpc) is 2.45. The first-order chi connectivity index (χ1) is 10.7. The van der Waals surface area contributed by atoms with E-state index in [-0.39, 0.29) is 17.3 Å². The molecule has 2 rings (SSSR count). The lowest BCUT2D eigenvalue weighted by molar-refractivity contribution is -0.385. The van der Waals surface area contributed by atoms with Gasteiger partial charge in [-0.25, -0.2) is 4.39 Å². The van der Waals surface area contributed by atoms with Crippen LogP contribution in [0.5, 0.6) is 0 Å². The van der Waals surface area contributed by atoms with Crippen molar-refractivity contribution in [2.24, 2.45) is 5.92 Å². The van der Waals surface area contributed by atoms with Gasteiger partial charge >= 0.3 is 6.18 Å². The maximum Gasteiger partial charge on any atom is 0.401 e. The molecule has 128 valence electrons. The molecular formula is C14H17F4N3O2. The molecule has 0 radical (unpaired) electrons. The second-order valence-corrected chi connectivity index (χ2v) is 5.64. The highest BCUT2D eigenvalue weighted by Crippen LogP contribution is 2.24. The zero-order valence-corrected chi connectivity index (χ0v) is 12.3. The molecule has 9 heteroatoms. The van der Waals surface area contributed by atoms with E-state index in [9.17, 15) is 27.7 Å². The first-order valence-corrected chi connectivity index (χ1v) is 7.21. The Balaban J connectivity index is 1.80. The molecule has 0 amide bonds. The third-order valence-electron chi connectivity index (χ3n) is 3.85. The molecular weight excluding hydrogens is 318 g/mol. The molecule has 1 heterocycles. The topological polar surface area (TPSA) is 58.4 Å². The molecule has 1 saturated heterocycles. The molecule has 0 unspecified atom stereocenters. The Morgan fingerprint density at radius 3 is 2.48 bits per heavy atom. The van der Waals surface area contributed by atoms with Crippen LogP contribution in [0.25, 0.3) is 0 Å².